The summed E-state index contributed by atoms with van der Waals surface area (Å²) < 4.78 is 28.7. The fourth-order valence-electron chi connectivity index (χ4n) is 5.08. The summed E-state index contributed by atoms with van der Waals surface area (Å²) in [6.45, 7) is 4.42. The second-order valence-corrected chi connectivity index (χ2v) is 10.9. The first-order valence-corrected chi connectivity index (χ1v) is 15.5. The standard InChI is InChI=1S/C31H56F2N2O2/c1-3-5-7-9-11-13-14-16-18-20-23-27(33)31(37)35-29-25-21-24-28(29)34-30(36)26(32)22-19-17-15-12-10-8-6-4-2/h22-23,28-30,34,36H,3-21,24-25H2,1-2H3,(H,35,37). The minimum Gasteiger partial charge on any atom is -0.372 e. The Bertz CT molecular complexity index is 639. The molecule has 1 fully saturated rings. The Labute approximate surface area is 226 Å². The summed E-state index contributed by atoms with van der Waals surface area (Å²) in [6, 6.07) is -0.591. The van der Waals surface area contributed by atoms with Gasteiger partial charge in [-0.2, -0.15) is 0 Å². The molecule has 3 atom stereocenters. The van der Waals surface area contributed by atoms with Gasteiger partial charge in [0.05, 0.1) is 0 Å². The molecular weight excluding hydrogens is 470 g/mol. The van der Waals surface area contributed by atoms with Crippen LogP contribution in [0.4, 0.5) is 8.78 Å². The van der Waals surface area contributed by atoms with Crippen molar-refractivity contribution < 1.29 is 18.7 Å². The highest BCUT2D eigenvalue weighted by Gasteiger charge is 2.31. The van der Waals surface area contributed by atoms with E-state index < -0.39 is 23.8 Å². The first-order chi connectivity index (χ1) is 18.0. The van der Waals surface area contributed by atoms with Crippen molar-refractivity contribution in [2.45, 2.75) is 167 Å². The van der Waals surface area contributed by atoms with E-state index >= 15 is 0 Å². The summed E-state index contributed by atoms with van der Waals surface area (Å²) in [4.78, 5) is 12.3. The summed E-state index contributed by atoms with van der Waals surface area (Å²) in [5.41, 5.74) is 0. The Kier molecular flexibility index (Phi) is 20.7. The van der Waals surface area contributed by atoms with Gasteiger partial charge in [0, 0.05) is 12.1 Å². The van der Waals surface area contributed by atoms with Crippen LogP contribution in [-0.2, 0) is 4.79 Å². The lowest BCUT2D eigenvalue weighted by molar-refractivity contribution is -0.119. The molecule has 216 valence electrons. The molecule has 1 aliphatic carbocycles. The van der Waals surface area contributed by atoms with Crippen LogP contribution in [0.1, 0.15) is 149 Å². The van der Waals surface area contributed by atoms with Crippen molar-refractivity contribution in [2.75, 3.05) is 0 Å². The van der Waals surface area contributed by atoms with Crippen molar-refractivity contribution >= 4 is 5.91 Å². The number of carbonyl (C=O) groups is 1. The molecule has 0 aromatic carbocycles. The van der Waals surface area contributed by atoms with E-state index in [-0.39, 0.29) is 12.1 Å². The molecule has 0 aromatic heterocycles. The quantitative estimate of drug-likeness (QED) is 0.0709. The van der Waals surface area contributed by atoms with Crippen molar-refractivity contribution in [2.24, 2.45) is 0 Å². The van der Waals surface area contributed by atoms with Crippen LogP contribution in [0.3, 0.4) is 0 Å². The predicted molar refractivity (Wildman–Crippen MR) is 152 cm³/mol. The lowest BCUT2D eigenvalue weighted by Gasteiger charge is -2.24. The summed E-state index contributed by atoms with van der Waals surface area (Å²) in [5.74, 6) is -2.03. The highest BCUT2D eigenvalue weighted by Crippen LogP contribution is 2.22. The Hall–Kier alpha value is -1.27. The third-order valence-corrected chi connectivity index (χ3v) is 7.46. The second kappa shape index (κ2) is 22.7. The SMILES string of the molecule is CCCCCCCCCC=C(F)C(O)NC1CCCC1NC(=O)C(F)=CCCCCCCCCCCC. The van der Waals surface area contributed by atoms with E-state index in [1.54, 1.807) is 0 Å². The molecule has 3 N–H and O–H groups in total. The topological polar surface area (TPSA) is 61.4 Å². The highest BCUT2D eigenvalue weighted by molar-refractivity contribution is 5.91. The monoisotopic (exact) mass is 526 g/mol. The Morgan fingerprint density at radius 3 is 1.76 bits per heavy atom. The lowest BCUT2D eigenvalue weighted by Crippen LogP contribution is -2.50. The van der Waals surface area contributed by atoms with E-state index in [1.807, 2.05) is 0 Å². The normalized spacial score (nSPS) is 19.4. The van der Waals surface area contributed by atoms with Crippen LogP contribution in [0.25, 0.3) is 0 Å². The maximum absolute atomic E-state index is 14.4. The van der Waals surface area contributed by atoms with Crippen molar-refractivity contribution in [3.8, 4) is 0 Å². The number of halogens is 2. The van der Waals surface area contributed by atoms with Crippen LogP contribution in [-0.4, -0.2) is 29.3 Å². The molecule has 0 aromatic rings. The zero-order chi connectivity index (χ0) is 27.1. The van der Waals surface area contributed by atoms with Crippen molar-refractivity contribution in [3.63, 3.8) is 0 Å². The van der Waals surface area contributed by atoms with Gasteiger partial charge in [-0.05, 0) is 57.1 Å². The van der Waals surface area contributed by atoms with Gasteiger partial charge in [-0.1, -0.05) is 104 Å². The fraction of sp³-hybridized carbons (Fsp3) is 0.839. The van der Waals surface area contributed by atoms with Crippen LogP contribution in [0.2, 0.25) is 0 Å². The maximum Gasteiger partial charge on any atom is 0.279 e. The van der Waals surface area contributed by atoms with Gasteiger partial charge >= 0.3 is 0 Å². The molecule has 1 rings (SSSR count). The number of aliphatic hydroxyl groups excluding tert-OH is 1. The molecular formula is C31H56F2N2O2. The first-order valence-electron chi connectivity index (χ1n) is 15.5. The van der Waals surface area contributed by atoms with Gasteiger partial charge in [-0.3, -0.25) is 10.1 Å². The van der Waals surface area contributed by atoms with Gasteiger partial charge in [0.15, 0.2) is 12.1 Å². The van der Waals surface area contributed by atoms with Crippen LogP contribution in [0.15, 0.2) is 23.8 Å². The first kappa shape index (κ1) is 33.8. The minimum atomic E-state index is -1.39. The molecule has 3 unspecified atom stereocenters. The van der Waals surface area contributed by atoms with Crippen LogP contribution in [0, 0.1) is 0 Å². The van der Waals surface area contributed by atoms with E-state index in [1.165, 1.54) is 82.8 Å². The maximum atomic E-state index is 14.4. The molecule has 0 spiro atoms. The van der Waals surface area contributed by atoms with Crippen LogP contribution < -0.4 is 10.6 Å². The zero-order valence-electron chi connectivity index (χ0n) is 23.8. The predicted octanol–water partition coefficient (Wildman–Crippen LogP) is 8.70. The Morgan fingerprint density at radius 1 is 0.757 bits per heavy atom. The molecule has 1 saturated carbocycles. The van der Waals surface area contributed by atoms with E-state index in [0.717, 1.165) is 38.5 Å². The van der Waals surface area contributed by atoms with Gasteiger partial charge in [-0.15, -0.1) is 0 Å². The molecule has 0 aliphatic heterocycles. The number of aliphatic hydroxyl groups is 1. The van der Waals surface area contributed by atoms with Crippen LogP contribution in [0.5, 0.6) is 0 Å². The molecule has 1 aliphatic rings. The number of allylic oxidation sites excluding steroid dienone is 2. The van der Waals surface area contributed by atoms with Gasteiger partial charge in [0.1, 0.15) is 5.83 Å². The van der Waals surface area contributed by atoms with E-state index in [0.29, 0.717) is 25.7 Å². The smallest absolute Gasteiger partial charge is 0.279 e. The summed E-state index contributed by atoms with van der Waals surface area (Å²) in [5, 5.41) is 15.9. The molecule has 0 saturated heterocycles. The van der Waals surface area contributed by atoms with Gasteiger partial charge in [0.25, 0.3) is 5.91 Å². The average Bonchev–Trinajstić information content (AvgIpc) is 3.32. The van der Waals surface area contributed by atoms with Gasteiger partial charge in [0.2, 0.25) is 0 Å². The van der Waals surface area contributed by atoms with Crippen molar-refractivity contribution in [1.82, 2.24) is 10.6 Å². The highest BCUT2D eigenvalue weighted by atomic mass is 19.1. The van der Waals surface area contributed by atoms with Crippen LogP contribution >= 0.6 is 0 Å². The van der Waals surface area contributed by atoms with Gasteiger partial charge in [-0.25, -0.2) is 8.78 Å². The van der Waals surface area contributed by atoms with E-state index in [4.69, 9.17) is 0 Å². The summed E-state index contributed by atoms with van der Waals surface area (Å²) >= 11 is 0. The molecule has 37 heavy (non-hydrogen) atoms. The molecule has 6 heteroatoms. The average molecular weight is 527 g/mol. The number of unbranched alkanes of at least 4 members (excludes halogenated alkanes) is 16. The Morgan fingerprint density at radius 2 is 1.22 bits per heavy atom. The molecule has 1 amide bonds. The summed E-state index contributed by atoms with van der Waals surface area (Å²) in [6.07, 6.45) is 23.8. The molecule has 0 radical (unpaired) electrons. The molecule has 4 nitrogen and oxygen atoms in total. The Balaban J connectivity index is 2.25. The lowest BCUT2D eigenvalue weighted by atomic mass is 10.1. The van der Waals surface area contributed by atoms with Crippen molar-refractivity contribution in [3.05, 3.63) is 23.8 Å². The van der Waals surface area contributed by atoms with E-state index in [9.17, 15) is 18.7 Å². The number of rotatable bonds is 23. The molecule has 0 bridgehead atoms. The molecule has 0 heterocycles. The fourth-order valence-corrected chi connectivity index (χ4v) is 5.08. The van der Waals surface area contributed by atoms with Gasteiger partial charge < -0.3 is 10.4 Å². The summed E-state index contributed by atoms with van der Waals surface area (Å²) in [7, 11) is 0. The minimum absolute atomic E-state index is 0.276. The number of hydrogen-bond acceptors (Lipinski definition) is 3. The van der Waals surface area contributed by atoms with E-state index in [2.05, 4.69) is 24.5 Å². The number of carbonyl (C=O) groups excluding carboxylic acids is 1. The van der Waals surface area contributed by atoms with Crippen molar-refractivity contribution in [1.29, 1.82) is 0 Å². The number of amides is 1. The largest absolute Gasteiger partial charge is 0.372 e. The second-order valence-electron chi connectivity index (χ2n) is 10.9. The zero-order valence-corrected chi connectivity index (χ0v) is 23.8. The number of hydrogen-bond donors (Lipinski definition) is 3. The third-order valence-electron chi connectivity index (χ3n) is 7.46. The third kappa shape index (κ3) is 17.0. The number of nitrogens with one attached hydrogen (secondary N) is 2.